The molecule has 0 saturated heterocycles. The topological polar surface area (TPSA) is 125 Å². The number of amides is 1. The normalized spacial score (nSPS) is 12.9. The molecule has 1 amide bonds. The third kappa shape index (κ3) is 7.68. The van der Waals surface area contributed by atoms with Crippen LogP contribution in [0.5, 0.6) is 0 Å². The summed E-state index contributed by atoms with van der Waals surface area (Å²) in [6.07, 6.45) is -2.34. The first-order valence-corrected chi connectivity index (χ1v) is 12.0. The lowest BCUT2D eigenvalue weighted by Gasteiger charge is -2.16. The molecular formula is C27H31F2N3O5. The van der Waals surface area contributed by atoms with Gasteiger partial charge in [0, 0.05) is 17.8 Å². The summed E-state index contributed by atoms with van der Waals surface area (Å²) in [7, 11) is 0. The number of aromatic nitrogens is 2. The van der Waals surface area contributed by atoms with Crippen LogP contribution in [0.4, 0.5) is 8.78 Å². The van der Waals surface area contributed by atoms with Gasteiger partial charge in [0.1, 0.15) is 11.6 Å². The zero-order chi connectivity index (χ0) is 27.1. The fraction of sp³-hybridized carbons (Fsp3) is 0.370. The number of aliphatic carboxylic acids is 1. The van der Waals surface area contributed by atoms with Crippen molar-refractivity contribution in [3.05, 3.63) is 82.7 Å². The van der Waals surface area contributed by atoms with Crippen LogP contribution < -0.4 is 5.32 Å². The van der Waals surface area contributed by atoms with Crippen LogP contribution in [0.1, 0.15) is 66.3 Å². The van der Waals surface area contributed by atoms with Crippen LogP contribution in [0.2, 0.25) is 0 Å². The Bertz CT molecular complexity index is 1230. The number of nitrogens with one attached hydrogen (secondary N) is 1. The Morgan fingerprint density at radius 3 is 2.35 bits per heavy atom. The van der Waals surface area contributed by atoms with Crippen molar-refractivity contribution in [1.82, 2.24) is 15.1 Å². The van der Waals surface area contributed by atoms with Crippen molar-refractivity contribution in [2.45, 2.75) is 64.2 Å². The van der Waals surface area contributed by atoms with Crippen LogP contribution in [0.3, 0.4) is 0 Å². The molecule has 198 valence electrons. The molecule has 0 radical (unpaired) electrons. The first-order chi connectivity index (χ1) is 17.5. The minimum atomic E-state index is -1.19. The van der Waals surface area contributed by atoms with E-state index in [0.717, 1.165) is 0 Å². The minimum absolute atomic E-state index is 0.0903. The smallest absolute Gasteiger partial charge is 0.305 e. The van der Waals surface area contributed by atoms with E-state index in [4.69, 9.17) is 5.11 Å². The van der Waals surface area contributed by atoms with Gasteiger partial charge in [-0.15, -0.1) is 0 Å². The molecule has 3 rings (SSSR count). The van der Waals surface area contributed by atoms with Crippen LogP contribution in [-0.4, -0.2) is 49.2 Å². The van der Waals surface area contributed by atoms with Crippen molar-refractivity contribution in [1.29, 1.82) is 0 Å². The number of halogens is 2. The van der Waals surface area contributed by atoms with Gasteiger partial charge in [0.15, 0.2) is 5.69 Å². The Morgan fingerprint density at radius 2 is 1.73 bits per heavy atom. The molecule has 0 fully saturated rings. The number of aliphatic hydroxyl groups excluding tert-OH is 2. The first kappa shape index (κ1) is 27.9. The number of carboxylic acid groups (broad SMARTS) is 1. The highest BCUT2D eigenvalue weighted by atomic mass is 19.1. The second-order valence-electron chi connectivity index (χ2n) is 9.24. The van der Waals surface area contributed by atoms with E-state index in [0.29, 0.717) is 22.5 Å². The summed E-state index contributed by atoms with van der Waals surface area (Å²) in [4.78, 5) is 24.0. The zero-order valence-electron chi connectivity index (χ0n) is 20.7. The molecule has 1 heterocycles. The zero-order valence-corrected chi connectivity index (χ0v) is 20.7. The maximum absolute atomic E-state index is 13.6. The van der Waals surface area contributed by atoms with Crippen molar-refractivity contribution in [3.8, 4) is 5.69 Å². The summed E-state index contributed by atoms with van der Waals surface area (Å²) in [5, 5.41) is 36.4. The van der Waals surface area contributed by atoms with Gasteiger partial charge in [-0.25, -0.2) is 13.5 Å². The number of carboxylic acids is 1. The number of benzene rings is 2. The predicted molar refractivity (Wildman–Crippen MR) is 132 cm³/mol. The van der Waals surface area contributed by atoms with Crippen LogP contribution >= 0.6 is 0 Å². The van der Waals surface area contributed by atoms with E-state index in [-0.39, 0.29) is 37.4 Å². The molecule has 8 nitrogen and oxygen atoms in total. The molecule has 0 aliphatic heterocycles. The second-order valence-corrected chi connectivity index (χ2v) is 9.24. The van der Waals surface area contributed by atoms with Gasteiger partial charge in [0.25, 0.3) is 5.91 Å². The highest BCUT2D eigenvalue weighted by Crippen LogP contribution is 2.28. The molecule has 0 bridgehead atoms. The van der Waals surface area contributed by atoms with Crippen LogP contribution in [0.25, 0.3) is 5.69 Å². The Kier molecular flexibility index (Phi) is 9.48. The number of hydrogen-bond donors (Lipinski definition) is 4. The van der Waals surface area contributed by atoms with Crippen LogP contribution in [-0.2, 0) is 17.8 Å². The number of rotatable bonds is 12. The van der Waals surface area contributed by atoms with Crippen LogP contribution in [0, 0.1) is 11.6 Å². The molecule has 10 heteroatoms. The van der Waals surface area contributed by atoms with E-state index in [1.54, 1.807) is 12.1 Å². The SMILES string of the molecule is CC(C)c1c(C(=O)NCc2cccc(F)c2)nn(-c2ccc(F)cc2)c1CC[C@@H](O)C[C@@H](O)CC(=O)O. The lowest BCUT2D eigenvalue weighted by molar-refractivity contribution is -0.139. The lowest BCUT2D eigenvalue weighted by atomic mass is 9.95. The van der Waals surface area contributed by atoms with Crippen LogP contribution in [0.15, 0.2) is 48.5 Å². The number of carbonyl (C=O) groups excluding carboxylic acids is 1. The van der Waals surface area contributed by atoms with Gasteiger partial charge in [-0.1, -0.05) is 26.0 Å². The minimum Gasteiger partial charge on any atom is -0.481 e. The van der Waals surface area contributed by atoms with E-state index < -0.39 is 42.1 Å². The summed E-state index contributed by atoms with van der Waals surface area (Å²) >= 11 is 0. The number of hydrogen-bond acceptors (Lipinski definition) is 5. The Morgan fingerprint density at radius 1 is 1.03 bits per heavy atom. The van der Waals surface area contributed by atoms with Crippen molar-refractivity contribution >= 4 is 11.9 Å². The maximum Gasteiger partial charge on any atom is 0.305 e. The van der Waals surface area contributed by atoms with E-state index in [1.807, 2.05) is 13.8 Å². The van der Waals surface area contributed by atoms with Crippen molar-refractivity contribution < 1.29 is 33.7 Å². The Labute approximate surface area is 213 Å². The fourth-order valence-corrected chi connectivity index (χ4v) is 4.21. The summed E-state index contributed by atoms with van der Waals surface area (Å²) in [6, 6.07) is 11.5. The Hall–Kier alpha value is -3.63. The summed E-state index contributed by atoms with van der Waals surface area (Å²) < 4.78 is 28.6. The molecule has 1 aromatic heterocycles. The standard InChI is InChI=1S/C27H31F2N3O5/c1-16(2)25-23(11-10-21(33)13-22(34)14-24(35)36)32(20-8-6-18(28)7-9-20)31-26(25)27(37)30-15-17-4-3-5-19(29)12-17/h3-9,12,16,21-22,33-34H,10-11,13-15H2,1-2H3,(H,30,37)(H,35,36)/t21-,22-/m1/s1. The molecule has 2 aromatic carbocycles. The van der Waals surface area contributed by atoms with E-state index in [9.17, 15) is 28.6 Å². The van der Waals surface area contributed by atoms with Gasteiger partial charge in [0.05, 0.1) is 24.3 Å². The molecule has 0 spiro atoms. The third-order valence-electron chi connectivity index (χ3n) is 5.90. The summed E-state index contributed by atoms with van der Waals surface area (Å²) in [5.74, 6) is -2.62. The largest absolute Gasteiger partial charge is 0.481 e. The quantitative estimate of drug-likeness (QED) is 0.291. The van der Waals surface area contributed by atoms with Gasteiger partial charge in [-0.3, -0.25) is 9.59 Å². The molecule has 0 aliphatic carbocycles. The number of carbonyl (C=O) groups is 2. The fourth-order valence-electron chi connectivity index (χ4n) is 4.21. The van der Waals surface area contributed by atoms with Crippen molar-refractivity contribution in [2.75, 3.05) is 0 Å². The van der Waals surface area contributed by atoms with Crippen molar-refractivity contribution in [3.63, 3.8) is 0 Å². The highest BCUT2D eigenvalue weighted by molar-refractivity contribution is 5.94. The molecule has 37 heavy (non-hydrogen) atoms. The van der Waals surface area contributed by atoms with Gasteiger partial charge in [-0.2, -0.15) is 5.10 Å². The predicted octanol–water partition coefficient (Wildman–Crippen LogP) is 3.72. The van der Waals surface area contributed by atoms with Gasteiger partial charge < -0.3 is 20.6 Å². The number of nitrogens with zero attached hydrogens (tertiary/aromatic N) is 2. The summed E-state index contributed by atoms with van der Waals surface area (Å²) in [5.41, 5.74) is 2.53. The van der Waals surface area contributed by atoms with Crippen molar-refractivity contribution in [2.24, 2.45) is 0 Å². The van der Waals surface area contributed by atoms with Gasteiger partial charge in [-0.05, 0) is 67.1 Å². The molecule has 3 aromatic rings. The summed E-state index contributed by atoms with van der Waals surface area (Å²) in [6.45, 7) is 3.88. The molecule has 0 unspecified atom stereocenters. The molecule has 4 N–H and O–H groups in total. The average Bonchev–Trinajstić information content (AvgIpc) is 3.21. The number of aliphatic hydroxyl groups is 2. The van der Waals surface area contributed by atoms with Gasteiger partial charge in [0.2, 0.25) is 0 Å². The molecular weight excluding hydrogens is 484 g/mol. The molecule has 2 atom stereocenters. The maximum atomic E-state index is 13.6. The molecule has 0 aliphatic rings. The molecule has 0 saturated carbocycles. The second kappa shape index (κ2) is 12.6. The highest BCUT2D eigenvalue weighted by Gasteiger charge is 2.26. The van der Waals surface area contributed by atoms with E-state index in [1.165, 1.54) is 41.1 Å². The average molecular weight is 516 g/mol. The Balaban J connectivity index is 1.90. The third-order valence-corrected chi connectivity index (χ3v) is 5.90. The first-order valence-electron chi connectivity index (χ1n) is 12.0. The monoisotopic (exact) mass is 515 g/mol. The van der Waals surface area contributed by atoms with Gasteiger partial charge >= 0.3 is 5.97 Å². The van der Waals surface area contributed by atoms with E-state index in [2.05, 4.69) is 10.4 Å². The van der Waals surface area contributed by atoms with E-state index >= 15 is 0 Å². The lowest BCUT2D eigenvalue weighted by Crippen LogP contribution is -2.24.